The Morgan fingerprint density at radius 2 is 1.08 bits per heavy atom. The van der Waals surface area contributed by atoms with Crippen LogP contribution in [-0.4, -0.2) is 79.3 Å². The fraction of sp³-hybridized carbons (Fsp3) is 0.347. The van der Waals surface area contributed by atoms with Crippen LogP contribution < -0.4 is 0 Å². The number of likely N-dealkylation sites (tertiary alicyclic amines) is 1. The summed E-state index contributed by atoms with van der Waals surface area (Å²) in [4.78, 5) is 29.3. The Morgan fingerprint density at radius 3 is 1.58 bits per heavy atom. The highest BCUT2D eigenvalue weighted by molar-refractivity contribution is 5.78. The average Bonchev–Trinajstić information content (AvgIpc) is 3.26. The summed E-state index contributed by atoms with van der Waals surface area (Å²) >= 11 is 0. The Balaban J connectivity index is 1.37. The number of carbonyl (C=O) groups excluding carboxylic acids is 2. The first-order valence-electron chi connectivity index (χ1n) is 20.2. The quantitative estimate of drug-likeness (QED) is 0.0881. The van der Waals surface area contributed by atoms with Gasteiger partial charge in [0.2, 0.25) is 0 Å². The molecule has 5 aromatic carbocycles. The molecule has 0 bridgehead atoms. The van der Waals surface area contributed by atoms with Gasteiger partial charge < -0.3 is 33.2 Å². The van der Waals surface area contributed by atoms with E-state index in [1.807, 2.05) is 157 Å². The van der Waals surface area contributed by atoms with Gasteiger partial charge in [-0.1, -0.05) is 152 Å². The van der Waals surface area contributed by atoms with Crippen LogP contribution >= 0.6 is 0 Å². The molecule has 0 amide bonds. The molecular formula is C49H53NO9. The minimum absolute atomic E-state index is 0.0948. The normalized spacial score (nSPS) is 24.4. The molecule has 0 saturated carbocycles. The van der Waals surface area contributed by atoms with Crippen molar-refractivity contribution in [1.82, 2.24) is 4.90 Å². The van der Waals surface area contributed by atoms with Crippen molar-refractivity contribution >= 4 is 11.9 Å². The van der Waals surface area contributed by atoms with E-state index < -0.39 is 54.1 Å². The van der Waals surface area contributed by atoms with E-state index in [2.05, 4.69) is 0 Å². The predicted octanol–water partition coefficient (Wildman–Crippen LogP) is 7.48. The highest BCUT2D eigenvalue weighted by Gasteiger charge is 2.66. The predicted molar refractivity (Wildman–Crippen MR) is 222 cm³/mol. The number of ether oxygens (including phenoxy) is 7. The molecule has 10 nitrogen and oxygen atoms in total. The van der Waals surface area contributed by atoms with E-state index in [1.54, 1.807) is 0 Å². The van der Waals surface area contributed by atoms with Crippen molar-refractivity contribution in [2.75, 3.05) is 20.3 Å². The van der Waals surface area contributed by atoms with Crippen molar-refractivity contribution < 1.29 is 42.7 Å². The molecule has 0 aromatic heterocycles. The Bertz CT molecular complexity index is 2020. The largest absolute Gasteiger partial charge is 0.468 e. The Kier molecular flexibility index (Phi) is 14.7. The van der Waals surface area contributed by atoms with Gasteiger partial charge in [-0.3, -0.25) is 14.5 Å². The average molecular weight is 800 g/mol. The van der Waals surface area contributed by atoms with E-state index in [-0.39, 0.29) is 39.4 Å². The molecule has 7 atom stereocenters. The lowest BCUT2D eigenvalue weighted by Crippen LogP contribution is -2.77. The first-order valence-corrected chi connectivity index (χ1v) is 20.2. The zero-order valence-corrected chi connectivity index (χ0v) is 33.7. The molecule has 2 aliphatic heterocycles. The first-order chi connectivity index (χ1) is 28.9. The van der Waals surface area contributed by atoms with E-state index in [0.717, 1.165) is 27.8 Å². The summed E-state index contributed by atoms with van der Waals surface area (Å²) < 4.78 is 46.7. The Labute approximate surface area is 346 Å². The van der Waals surface area contributed by atoms with Crippen LogP contribution in [0.4, 0.5) is 0 Å². The summed E-state index contributed by atoms with van der Waals surface area (Å²) in [6, 6.07) is 48.4. The summed E-state index contributed by atoms with van der Waals surface area (Å²) in [5, 5.41) is 0. The maximum Gasteiger partial charge on any atom is 0.326 e. The zero-order valence-electron chi connectivity index (χ0n) is 33.7. The number of benzene rings is 5. The van der Waals surface area contributed by atoms with Crippen molar-refractivity contribution in [3.05, 3.63) is 179 Å². The number of rotatable bonds is 17. The molecule has 2 fully saturated rings. The lowest BCUT2D eigenvalue weighted by molar-refractivity contribution is -0.332. The number of hydrogen-bond donors (Lipinski definition) is 0. The number of piperidine rings is 1. The van der Waals surface area contributed by atoms with Gasteiger partial charge in [-0.2, -0.15) is 0 Å². The van der Waals surface area contributed by atoms with Crippen LogP contribution in [0.3, 0.4) is 0 Å². The SMILES string of the molecule is COC(=O)[C@H]1N(Cc2ccccc2)C[C@@H](OC(C)=O)C[C@]12OC(COCc1ccccc1)[C@H](OCc1ccccc1)[C@H](OCc1ccccc1)C2OCc1ccccc1. The van der Waals surface area contributed by atoms with Crippen molar-refractivity contribution in [3.8, 4) is 0 Å². The molecule has 5 aromatic rings. The summed E-state index contributed by atoms with van der Waals surface area (Å²) in [5.41, 5.74) is 3.29. The minimum Gasteiger partial charge on any atom is -0.468 e. The van der Waals surface area contributed by atoms with Crippen molar-refractivity contribution in [1.29, 1.82) is 0 Å². The first kappa shape index (κ1) is 41.9. The highest BCUT2D eigenvalue weighted by Crippen LogP contribution is 2.46. The van der Waals surface area contributed by atoms with Gasteiger partial charge in [-0.15, -0.1) is 0 Å². The molecule has 0 aliphatic carbocycles. The van der Waals surface area contributed by atoms with Gasteiger partial charge in [0, 0.05) is 26.4 Å². The lowest BCUT2D eigenvalue weighted by atomic mass is 9.72. The molecular weight excluding hydrogens is 747 g/mol. The molecule has 2 aliphatic rings. The van der Waals surface area contributed by atoms with Crippen LogP contribution in [0, 0.1) is 0 Å². The van der Waals surface area contributed by atoms with Gasteiger partial charge in [-0.05, 0) is 27.8 Å². The molecule has 59 heavy (non-hydrogen) atoms. The molecule has 2 unspecified atom stereocenters. The number of carbonyl (C=O) groups is 2. The maximum absolute atomic E-state index is 14.6. The molecule has 1 spiro atoms. The molecule has 308 valence electrons. The van der Waals surface area contributed by atoms with Crippen LogP contribution in [0.5, 0.6) is 0 Å². The molecule has 10 heteroatoms. The van der Waals surface area contributed by atoms with E-state index in [0.29, 0.717) is 13.2 Å². The maximum atomic E-state index is 14.6. The van der Waals surface area contributed by atoms with Crippen LogP contribution in [0.25, 0.3) is 0 Å². The van der Waals surface area contributed by atoms with Gasteiger partial charge >= 0.3 is 11.9 Å². The fourth-order valence-corrected chi connectivity index (χ4v) is 8.33. The lowest BCUT2D eigenvalue weighted by Gasteiger charge is -2.59. The van der Waals surface area contributed by atoms with E-state index in [9.17, 15) is 9.59 Å². The highest BCUT2D eigenvalue weighted by atomic mass is 16.6. The van der Waals surface area contributed by atoms with Crippen molar-refractivity contribution in [2.45, 2.75) is 88.5 Å². The summed E-state index contributed by atoms with van der Waals surface area (Å²) in [5.74, 6) is -0.951. The summed E-state index contributed by atoms with van der Waals surface area (Å²) in [7, 11) is 1.38. The van der Waals surface area contributed by atoms with E-state index >= 15 is 0 Å². The second kappa shape index (κ2) is 20.7. The zero-order chi connectivity index (χ0) is 40.9. The van der Waals surface area contributed by atoms with E-state index in [1.165, 1.54) is 14.0 Å². The third-order valence-corrected chi connectivity index (χ3v) is 10.9. The fourth-order valence-electron chi connectivity index (χ4n) is 8.33. The van der Waals surface area contributed by atoms with Gasteiger partial charge in [0.25, 0.3) is 0 Å². The Morgan fingerprint density at radius 1 is 0.627 bits per heavy atom. The molecule has 7 rings (SSSR count). The number of nitrogens with zero attached hydrogens (tertiary/aromatic N) is 1. The van der Waals surface area contributed by atoms with Crippen LogP contribution in [-0.2, 0) is 75.7 Å². The molecule has 0 N–H and O–H groups in total. The third kappa shape index (κ3) is 10.9. The van der Waals surface area contributed by atoms with Gasteiger partial charge in [-0.25, -0.2) is 0 Å². The van der Waals surface area contributed by atoms with Gasteiger partial charge in [0.15, 0.2) is 0 Å². The molecule has 2 saturated heterocycles. The van der Waals surface area contributed by atoms with Crippen molar-refractivity contribution in [2.24, 2.45) is 0 Å². The smallest absolute Gasteiger partial charge is 0.326 e. The number of esters is 2. The van der Waals surface area contributed by atoms with Crippen LogP contribution in [0.1, 0.15) is 41.2 Å². The van der Waals surface area contributed by atoms with Gasteiger partial charge in [0.1, 0.15) is 42.2 Å². The number of hydrogen-bond acceptors (Lipinski definition) is 10. The standard InChI is InChI=1S/C49H53NO9/c1-36(51)58-42-28-49(46(48(52)53-2)50(30-42)29-37-18-8-3-9-19-37)47(57-34-41-26-16-7-17-27-41)45(56-33-40-24-14-6-15-25-40)44(55-32-39-22-12-5-13-23-39)43(59-49)35-54-31-38-20-10-4-11-21-38/h3-27,42-47H,28-35H2,1-2H3/t42-,43?,44-,45-,46+,47?,49-/m0/s1. The number of methoxy groups -OCH3 is 1. The summed E-state index contributed by atoms with van der Waals surface area (Å²) in [6.45, 7) is 3.05. The Hall–Kier alpha value is -5.20. The van der Waals surface area contributed by atoms with Crippen LogP contribution in [0.15, 0.2) is 152 Å². The van der Waals surface area contributed by atoms with E-state index in [4.69, 9.17) is 33.2 Å². The second-order valence-electron chi connectivity index (χ2n) is 15.1. The second-order valence-corrected chi connectivity index (χ2v) is 15.1. The monoisotopic (exact) mass is 799 g/mol. The third-order valence-electron chi connectivity index (χ3n) is 10.9. The molecule has 0 radical (unpaired) electrons. The topological polar surface area (TPSA) is 102 Å². The van der Waals surface area contributed by atoms with Crippen LogP contribution in [0.2, 0.25) is 0 Å². The summed E-state index contributed by atoms with van der Waals surface area (Å²) in [6.07, 6.45) is -3.84. The van der Waals surface area contributed by atoms with Gasteiger partial charge in [0.05, 0.1) is 40.1 Å². The molecule has 2 heterocycles. The van der Waals surface area contributed by atoms with Crippen molar-refractivity contribution in [3.63, 3.8) is 0 Å². The minimum atomic E-state index is -1.50.